The van der Waals surface area contributed by atoms with Gasteiger partial charge in [-0.3, -0.25) is 9.59 Å². The van der Waals surface area contributed by atoms with E-state index in [0.717, 1.165) is 31.5 Å². The van der Waals surface area contributed by atoms with Gasteiger partial charge in [0, 0.05) is 13.1 Å². The molecule has 0 bridgehead atoms. The zero-order chi connectivity index (χ0) is 25.9. The van der Waals surface area contributed by atoms with Crippen LogP contribution in [0.15, 0.2) is 77.9 Å². The molecule has 0 atom stereocenters. The molecule has 8 nitrogen and oxygen atoms in total. The van der Waals surface area contributed by atoms with E-state index in [0.29, 0.717) is 41.6 Å². The number of carbonyl (C=O) groups excluding carboxylic acids is 2. The predicted octanol–water partition coefficient (Wildman–Crippen LogP) is 4.43. The average molecular weight is 502 g/mol. The lowest BCUT2D eigenvalue weighted by molar-refractivity contribution is -0.132. The Labute approximate surface area is 216 Å². The van der Waals surface area contributed by atoms with Gasteiger partial charge in [-0.05, 0) is 61.2 Å². The first-order valence-corrected chi connectivity index (χ1v) is 12.4. The maximum Gasteiger partial charge on any atom is 0.275 e. The van der Waals surface area contributed by atoms with Gasteiger partial charge in [-0.25, -0.2) is 5.43 Å². The van der Waals surface area contributed by atoms with Crippen molar-refractivity contribution in [2.75, 3.05) is 26.3 Å². The number of rotatable bonds is 11. The summed E-state index contributed by atoms with van der Waals surface area (Å²) in [6.45, 7) is 4.20. The summed E-state index contributed by atoms with van der Waals surface area (Å²) in [5.41, 5.74) is 4.65. The highest BCUT2D eigenvalue weighted by Gasteiger charge is 2.19. The second-order valence-electron chi connectivity index (χ2n) is 8.49. The van der Waals surface area contributed by atoms with Crippen molar-refractivity contribution < 1.29 is 23.8 Å². The van der Waals surface area contributed by atoms with Gasteiger partial charge in [0.05, 0.1) is 18.4 Å². The van der Waals surface area contributed by atoms with Crippen LogP contribution in [0.2, 0.25) is 0 Å². The smallest absolute Gasteiger partial charge is 0.275 e. The van der Waals surface area contributed by atoms with Crippen molar-refractivity contribution in [3.05, 3.63) is 89.5 Å². The van der Waals surface area contributed by atoms with Crippen LogP contribution in [0.1, 0.15) is 41.3 Å². The number of hydrogen-bond acceptors (Lipinski definition) is 6. The minimum Gasteiger partial charge on any atom is -0.490 e. The van der Waals surface area contributed by atoms with Crippen LogP contribution in [-0.4, -0.2) is 49.2 Å². The number of hydrazone groups is 1. The van der Waals surface area contributed by atoms with Crippen molar-refractivity contribution in [2.24, 2.45) is 5.10 Å². The molecule has 37 heavy (non-hydrogen) atoms. The number of hydrogen-bond donors (Lipinski definition) is 1. The van der Waals surface area contributed by atoms with Crippen molar-refractivity contribution in [3.63, 3.8) is 0 Å². The molecular weight excluding hydrogens is 470 g/mol. The van der Waals surface area contributed by atoms with Crippen molar-refractivity contribution in [1.29, 1.82) is 0 Å². The monoisotopic (exact) mass is 501 g/mol. The lowest BCUT2D eigenvalue weighted by atomic mass is 10.2. The number of likely N-dealkylation sites (tertiary alicyclic amines) is 1. The molecule has 1 N–H and O–H groups in total. The lowest BCUT2D eigenvalue weighted by Crippen LogP contribution is -2.32. The van der Waals surface area contributed by atoms with E-state index >= 15 is 0 Å². The summed E-state index contributed by atoms with van der Waals surface area (Å²) in [7, 11) is 0. The minimum absolute atomic E-state index is 0.0265. The van der Waals surface area contributed by atoms with Gasteiger partial charge in [-0.2, -0.15) is 5.10 Å². The standard InChI is InChI=1S/C29H31N3O5/c1-2-35-27-18-23(14-15-26(27)37-21-28(33)32-16-8-9-17-32)19-30-31-29(34)24-12-6-7-13-25(24)36-20-22-10-4-3-5-11-22/h3-7,10-15,18-19H,2,8-9,16-17,20-21H2,1H3,(H,31,34)/b30-19-. The van der Waals surface area contributed by atoms with Gasteiger partial charge >= 0.3 is 0 Å². The Morgan fingerprint density at radius 1 is 0.892 bits per heavy atom. The molecule has 0 unspecified atom stereocenters. The van der Waals surface area contributed by atoms with Crippen LogP contribution in [0.25, 0.3) is 0 Å². The molecule has 1 aliphatic rings. The Morgan fingerprint density at radius 2 is 1.65 bits per heavy atom. The fraction of sp³-hybridized carbons (Fsp3) is 0.276. The molecule has 4 rings (SSSR count). The summed E-state index contributed by atoms with van der Waals surface area (Å²) in [5, 5.41) is 4.10. The van der Waals surface area contributed by atoms with E-state index in [1.807, 2.05) is 48.2 Å². The van der Waals surface area contributed by atoms with Crippen molar-refractivity contribution in [3.8, 4) is 17.2 Å². The third kappa shape index (κ3) is 7.33. The minimum atomic E-state index is -0.384. The topological polar surface area (TPSA) is 89.5 Å². The molecule has 0 aromatic heterocycles. The van der Waals surface area contributed by atoms with Gasteiger partial charge < -0.3 is 19.1 Å². The summed E-state index contributed by atoms with van der Waals surface area (Å²) < 4.78 is 17.3. The molecule has 0 radical (unpaired) electrons. The largest absolute Gasteiger partial charge is 0.490 e. The summed E-state index contributed by atoms with van der Waals surface area (Å²) in [4.78, 5) is 26.9. The Bertz CT molecular complexity index is 1220. The van der Waals surface area contributed by atoms with Gasteiger partial charge in [0.2, 0.25) is 0 Å². The molecule has 1 fully saturated rings. The van der Waals surface area contributed by atoms with Crippen LogP contribution in [-0.2, 0) is 11.4 Å². The number of nitrogens with one attached hydrogen (secondary N) is 1. The fourth-order valence-corrected chi connectivity index (χ4v) is 3.93. The highest BCUT2D eigenvalue weighted by molar-refractivity contribution is 5.97. The normalized spacial score (nSPS) is 12.9. The number of benzene rings is 3. The molecule has 0 saturated carbocycles. The van der Waals surface area contributed by atoms with E-state index < -0.39 is 0 Å². The second-order valence-corrected chi connectivity index (χ2v) is 8.49. The average Bonchev–Trinajstić information content (AvgIpc) is 3.47. The van der Waals surface area contributed by atoms with Crippen molar-refractivity contribution in [1.82, 2.24) is 10.3 Å². The highest BCUT2D eigenvalue weighted by atomic mass is 16.5. The zero-order valence-corrected chi connectivity index (χ0v) is 20.9. The van der Waals surface area contributed by atoms with E-state index in [-0.39, 0.29) is 18.4 Å². The predicted molar refractivity (Wildman–Crippen MR) is 141 cm³/mol. The molecule has 8 heteroatoms. The quantitative estimate of drug-likeness (QED) is 0.310. The van der Waals surface area contributed by atoms with Crippen molar-refractivity contribution in [2.45, 2.75) is 26.4 Å². The molecule has 1 heterocycles. The van der Waals surface area contributed by atoms with Crippen LogP contribution in [0.3, 0.4) is 0 Å². The van der Waals surface area contributed by atoms with Gasteiger partial charge in [-0.15, -0.1) is 0 Å². The third-order valence-electron chi connectivity index (χ3n) is 5.83. The fourth-order valence-electron chi connectivity index (χ4n) is 3.93. The lowest BCUT2D eigenvalue weighted by Gasteiger charge is -2.17. The third-order valence-corrected chi connectivity index (χ3v) is 5.83. The van der Waals surface area contributed by atoms with Gasteiger partial charge in [0.15, 0.2) is 18.1 Å². The molecule has 1 aliphatic heterocycles. The number of carbonyl (C=O) groups is 2. The van der Waals surface area contributed by atoms with E-state index in [1.165, 1.54) is 6.21 Å². The molecule has 3 aromatic rings. The van der Waals surface area contributed by atoms with Crippen LogP contribution < -0.4 is 19.6 Å². The number of nitrogens with zero attached hydrogens (tertiary/aromatic N) is 2. The SMILES string of the molecule is CCOc1cc(/C=N\NC(=O)c2ccccc2OCc2ccccc2)ccc1OCC(=O)N1CCCC1. The maximum absolute atomic E-state index is 12.8. The maximum atomic E-state index is 12.8. The van der Waals surface area contributed by atoms with Crippen molar-refractivity contribution >= 4 is 18.0 Å². The Kier molecular flexibility index (Phi) is 9.12. The van der Waals surface area contributed by atoms with Crippen LogP contribution in [0, 0.1) is 0 Å². The second kappa shape index (κ2) is 13.1. The van der Waals surface area contributed by atoms with Crippen LogP contribution in [0.4, 0.5) is 0 Å². The highest BCUT2D eigenvalue weighted by Crippen LogP contribution is 2.28. The molecule has 192 valence electrons. The first-order chi connectivity index (χ1) is 18.1. The molecule has 0 aliphatic carbocycles. The molecule has 2 amide bonds. The number of para-hydroxylation sites is 1. The van der Waals surface area contributed by atoms with Gasteiger partial charge in [0.1, 0.15) is 12.4 Å². The summed E-state index contributed by atoms with van der Waals surface area (Å²) in [5.74, 6) is 1.06. The first-order valence-electron chi connectivity index (χ1n) is 12.4. The Hall–Kier alpha value is -4.33. The summed E-state index contributed by atoms with van der Waals surface area (Å²) in [6.07, 6.45) is 3.59. The van der Waals surface area contributed by atoms with Gasteiger partial charge in [0.25, 0.3) is 11.8 Å². The van der Waals surface area contributed by atoms with E-state index in [4.69, 9.17) is 14.2 Å². The van der Waals surface area contributed by atoms with E-state index in [1.54, 1.807) is 36.4 Å². The summed E-state index contributed by atoms with van der Waals surface area (Å²) in [6, 6.07) is 22.1. The van der Waals surface area contributed by atoms with Crippen LogP contribution >= 0.6 is 0 Å². The Morgan fingerprint density at radius 3 is 2.43 bits per heavy atom. The molecular formula is C29H31N3O5. The zero-order valence-electron chi connectivity index (χ0n) is 20.9. The summed E-state index contributed by atoms with van der Waals surface area (Å²) >= 11 is 0. The Balaban J connectivity index is 1.36. The molecule has 1 saturated heterocycles. The first kappa shape index (κ1) is 25.8. The van der Waals surface area contributed by atoms with Crippen LogP contribution in [0.5, 0.6) is 17.2 Å². The molecule has 0 spiro atoms. The number of amides is 2. The van der Waals surface area contributed by atoms with Gasteiger partial charge in [-0.1, -0.05) is 42.5 Å². The molecule has 3 aromatic carbocycles. The number of ether oxygens (including phenoxy) is 3. The van der Waals surface area contributed by atoms with E-state index in [9.17, 15) is 9.59 Å². The van der Waals surface area contributed by atoms with E-state index in [2.05, 4.69) is 10.5 Å².